The average Bonchev–Trinajstić information content (AvgIpc) is 3.17. The summed E-state index contributed by atoms with van der Waals surface area (Å²) < 4.78 is 1.79. The molecule has 4 heterocycles. The molecule has 0 saturated carbocycles. The van der Waals surface area contributed by atoms with E-state index in [0.29, 0.717) is 0 Å². The van der Waals surface area contributed by atoms with Gasteiger partial charge in [-0.1, -0.05) is 12.1 Å². The average molecular weight is 335 g/mol. The minimum atomic E-state index is -0.0542. The number of aromatic hydroxyl groups is 1. The Morgan fingerprint density at radius 3 is 2.83 bits per heavy atom. The number of phenolic OH excluding ortho intramolecular Hbond substituents is 1. The van der Waals surface area contributed by atoms with Gasteiger partial charge in [-0.05, 0) is 35.2 Å². The maximum atomic E-state index is 9.58. The number of hydrogen-bond acceptors (Lipinski definition) is 6. The zero-order chi connectivity index (χ0) is 16.3. The van der Waals surface area contributed by atoms with Gasteiger partial charge in [-0.3, -0.25) is 0 Å². The number of rotatable bonds is 1. The van der Waals surface area contributed by atoms with Gasteiger partial charge in [-0.2, -0.15) is 0 Å². The van der Waals surface area contributed by atoms with Gasteiger partial charge in [0.2, 0.25) is 5.95 Å². The second kappa shape index (κ2) is 4.72. The van der Waals surface area contributed by atoms with Crippen molar-refractivity contribution in [3.8, 4) is 17.0 Å². The van der Waals surface area contributed by atoms with Crippen LogP contribution in [-0.2, 0) is 0 Å². The quantitative estimate of drug-likeness (QED) is 0.497. The molecule has 5 rings (SSSR count). The molecule has 24 heavy (non-hydrogen) atoms. The number of nitrogens with one attached hydrogen (secondary N) is 1. The first-order chi connectivity index (χ1) is 11.7. The fraction of sp³-hybridized carbons (Fsp3) is 0.0588. The van der Waals surface area contributed by atoms with Crippen LogP contribution in [0.25, 0.3) is 16.8 Å². The SMILES string of the molecule is Nc1nc2c3c(ccn3n1)C(c1ccc(O)cc1)Nc1sccc1-2. The molecule has 6 nitrogen and oxygen atoms in total. The van der Waals surface area contributed by atoms with Gasteiger partial charge in [0.05, 0.1) is 16.6 Å². The minimum Gasteiger partial charge on any atom is -0.508 e. The van der Waals surface area contributed by atoms with E-state index in [9.17, 15) is 5.11 Å². The van der Waals surface area contributed by atoms with Crippen LogP contribution in [0.2, 0.25) is 0 Å². The van der Waals surface area contributed by atoms with E-state index in [-0.39, 0.29) is 17.7 Å². The summed E-state index contributed by atoms with van der Waals surface area (Å²) in [5, 5.41) is 20.6. The summed E-state index contributed by atoms with van der Waals surface area (Å²) in [7, 11) is 0. The van der Waals surface area contributed by atoms with Crippen LogP contribution in [0.5, 0.6) is 5.75 Å². The molecule has 0 radical (unpaired) electrons. The Bertz CT molecular complexity index is 1070. The smallest absolute Gasteiger partial charge is 0.238 e. The van der Waals surface area contributed by atoms with Gasteiger partial charge in [-0.25, -0.2) is 9.50 Å². The highest BCUT2D eigenvalue weighted by atomic mass is 32.1. The lowest BCUT2D eigenvalue weighted by atomic mass is 9.99. The molecular formula is C17H13N5OS. The summed E-state index contributed by atoms with van der Waals surface area (Å²) in [4.78, 5) is 4.49. The molecule has 4 aromatic rings. The topological polar surface area (TPSA) is 88.5 Å². The van der Waals surface area contributed by atoms with Gasteiger partial charge in [0.25, 0.3) is 0 Å². The monoisotopic (exact) mass is 335 g/mol. The molecule has 0 aliphatic carbocycles. The van der Waals surface area contributed by atoms with Crippen molar-refractivity contribution in [1.29, 1.82) is 0 Å². The first-order valence-electron chi connectivity index (χ1n) is 7.49. The van der Waals surface area contributed by atoms with E-state index in [4.69, 9.17) is 5.73 Å². The van der Waals surface area contributed by atoms with E-state index in [2.05, 4.69) is 15.4 Å². The number of nitrogen functional groups attached to an aromatic ring is 1. The zero-order valence-corrected chi connectivity index (χ0v) is 13.3. The molecule has 1 unspecified atom stereocenters. The summed E-state index contributed by atoms with van der Waals surface area (Å²) in [6.45, 7) is 0. The van der Waals surface area contributed by atoms with Crippen molar-refractivity contribution >= 4 is 27.8 Å². The van der Waals surface area contributed by atoms with E-state index in [1.165, 1.54) is 0 Å². The molecule has 7 heteroatoms. The molecule has 1 atom stereocenters. The predicted molar refractivity (Wildman–Crippen MR) is 94.3 cm³/mol. The lowest BCUT2D eigenvalue weighted by molar-refractivity contribution is 0.475. The third kappa shape index (κ3) is 1.82. The van der Waals surface area contributed by atoms with Crippen LogP contribution in [0, 0.1) is 0 Å². The molecule has 0 bridgehead atoms. The Balaban J connectivity index is 1.83. The number of phenols is 1. The van der Waals surface area contributed by atoms with Gasteiger partial charge in [-0.15, -0.1) is 16.4 Å². The van der Waals surface area contributed by atoms with Crippen molar-refractivity contribution in [1.82, 2.24) is 14.6 Å². The van der Waals surface area contributed by atoms with Crippen LogP contribution in [0.3, 0.4) is 0 Å². The van der Waals surface area contributed by atoms with Crippen molar-refractivity contribution in [2.24, 2.45) is 0 Å². The van der Waals surface area contributed by atoms with Crippen molar-refractivity contribution in [3.05, 3.63) is 59.1 Å². The highest BCUT2D eigenvalue weighted by molar-refractivity contribution is 7.14. The molecule has 4 N–H and O–H groups in total. The molecule has 0 fully saturated rings. The summed E-state index contributed by atoms with van der Waals surface area (Å²) in [6, 6.07) is 11.3. The lowest BCUT2D eigenvalue weighted by Crippen LogP contribution is -2.10. The second-order valence-electron chi connectivity index (χ2n) is 5.72. The molecule has 1 aliphatic rings. The Labute approximate surface area is 141 Å². The normalized spacial score (nSPS) is 15.8. The van der Waals surface area contributed by atoms with Crippen molar-refractivity contribution < 1.29 is 5.11 Å². The minimum absolute atomic E-state index is 0.0542. The Morgan fingerprint density at radius 2 is 2.00 bits per heavy atom. The molecule has 1 aliphatic heterocycles. The van der Waals surface area contributed by atoms with Gasteiger partial charge < -0.3 is 16.2 Å². The van der Waals surface area contributed by atoms with Crippen LogP contribution in [0.4, 0.5) is 10.9 Å². The molecule has 0 spiro atoms. The third-order valence-electron chi connectivity index (χ3n) is 4.29. The van der Waals surface area contributed by atoms with Crippen LogP contribution in [-0.4, -0.2) is 19.7 Å². The number of hydrogen-bond donors (Lipinski definition) is 3. The van der Waals surface area contributed by atoms with Crippen molar-refractivity contribution in [3.63, 3.8) is 0 Å². The highest BCUT2D eigenvalue weighted by Gasteiger charge is 2.27. The van der Waals surface area contributed by atoms with Crippen LogP contribution in [0.1, 0.15) is 17.2 Å². The Kier molecular flexibility index (Phi) is 2.63. The maximum absolute atomic E-state index is 9.58. The van der Waals surface area contributed by atoms with Crippen LogP contribution in [0.15, 0.2) is 48.0 Å². The molecule has 1 aromatic carbocycles. The number of nitrogens with two attached hydrogens (primary N) is 1. The lowest BCUT2D eigenvalue weighted by Gasteiger charge is -2.18. The molecule has 3 aromatic heterocycles. The summed E-state index contributed by atoms with van der Waals surface area (Å²) in [6.07, 6.45) is 1.90. The molecule has 0 amide bonds. The van der Waals surface area contributed by atoms with Crippen molar-refractivity contribution in [2.75, 3.05) is 11.1 Å². The number of benzene rings is 1. The zero-order valence-electron chi connectivity index (χ0n) is 12.5. The standard InChI is InChI=1S/C17H13N5OS/c18-17-20-14-12-6-8-24-16(12)19-13(9-1-3-10(23)4-2-9)11-5-7-22(21-17)15(11)14/h1-8,13,19,23H,(H2,18,21). The summed E-state index contributed by atoms with van der Waals surface area (Å²) >= 11 is 1.63. The largest absolute Gasteiger partial charge is 0.508 e. The molecular weight excluding hydrogens is 322 g/mol. The maximum Gasteiger partial charge on any atom is 0.238 e. The molecule has 118 valence electrons. The Hall–Kier alpha value is -3.06. The second-order valence-corrected chi connectivity index (χ2v) is 6.63. The number of aromatic nitrogens is 3. The number of thiophene rings is 1. The van der Waals surface area contributed by atoms with Crippen LogP contribution >= 0.6 is 11.3 Å². The first-order valence-corrected chi connectivity index (χ1v) is 8.37. The number of anilines is 2. The Morgan fingerprint density at radius 1 is 1.17 bits per heavy atom. The highest BCUT2D eigenvalue weighted by Crippen LogP contribution is 2.44. The van der Waals surface area contributed by atoms with Gasteiger partial charge in [0, 0.05) is 17.3 Å². The van der Waals surface area contributed by atoms with E-state index in [1.807, 2.05) is 35.8 Å². The third-order valence-corrected chi connectivity index (χ3v) is 5.14. The van der Waals surface area contributed by atoms with Gasteiger partial charge in [0.1, 0.15) is 11.4 Å². The fourth-order valence-corrected chi connectivity index (χ4v) is 4.05. The predicted octanol–water partition coefficient (Wildman–Crippen LogP) is 3.26. The molecule has 0 saturated heterocycles. The van der Waals surface area contributed by atoms with E-state index >= 15 is 0 Å². The van der Waals surface area contributed by atoms with Gasteiger partial charge >= 0.3 is 0 Å². The van der Waals surface area contributed by atoms with Gasteiger partial charge in [0.15, 0.2) is 0 Å². The van der Waals surface area contributed by atoms with Crippen molar-refractivity contribution in [2.45, 2.75) is 6.04 Å². The summed E-state index contributed by atoms with van der Waals surface area (Å²) in [5.41, 5.74) is 10.8. The summed E-state index contributed by atoms with van der Waals surface area (Å²) in [5.74, 6) is 0.502. The number of fused-ring (bicyclic) bond motifs is 2. The van der Waals surface area contributed by atoms with E-state index < -0.39 is 0 Å². The van der Waals surface area contributed by atoms with Crippen LogP contribution < -0.4 is 11.1 Å². The van der Waals surface area contributed by atoms with E-state index in [0.717, 1.165) is 32.9 Å². The van der Waals surface area contributed by atoms with E-state index in [1.54, 1.807) is 28.0 Å². The number of nitrogens with zero attached hydrogens (tertiary/aromatic N) is 3. The fourth-order valence-electron chi connectivity index (χ4n) is 3.23. The first kappa shape index (κ1) is 13.4.